The Hall–Kier alpha value is -0.580. The molecule has 3 nitrogen and oxygen atoms in total. The van der Waals surface area contributed by atoms with Gasteiger partial charge >= 0.3 is 0 Å². The van der Waals surface area contributed by atoms with Gasteiger partial charge in [0.1, 0.15) is 0 Å². The summed E-state index contributed by atoms with van der Waals surface area (Å²) in [6.07, 6.45) is 1.67. The summed E-state index contributed by atoms with van der Waals surface area (Å²) in [6.45, 7) is 2.03. The van der Waals surface area contributed by atoms with Crippen molar-refractivity contribution in [3.05, 3.63) is 34.9 Å². The molecule has 18 heavy (non-hydrogen) atoms. The quantitative estimate of drug-likeness (QED) is 0.929. The van der Waals surface area contributed by atoms with E-state index >= 15 is 0 Å². The van der Waals surface area contributed by atoms with Crippen LogP contribution in [0.5, 0.6) is 0 Å². The monoisotopic (exact) mass is 287 g/mol. The van der Waals surface area contributed by atoms with E-state index in [0.29, 0.717) is 10.8 Å². The van der Waals surface area contributed by atoms with E-state index in [-0.39, 0.29) is 17.8 Å². The summed E-state index contributed by atoms with van der Waals surface area (Å²) < 4.78 is 23.1. The highest BCUT2D eigenvalue weighted by Crippen LogP contribution is 2.20. The first-order valence-electron chi connectivity index (χ1n) is 6.18. The minimum absolute atomic E-state index is 0.0535. The molecule has 2 rings (SSSR count). The summed E-state index contributed by atoms with van der Waals surface area (Å²) in [5.41, 5.74) is 1.09. The van der Waals surface area contributed by atoms with Crippen LogP contribution < -0.4 is 5.32 Å². The summed E-state index contributed by atoms with van der Waals surface area (Å²) >= 11 is 5.95. The van der Waals surface area contributed by atoms with Gasteiger partial charge in [-0.2, -0.15) is 0 Å². The van der Waals surface area contributed by atoms with Crippen LogP contribution in [0.25, 0.3) is 0 Å². The first-order valence-corrected chi connectivity index (χ1v) is 8.38. The van der Waals surface area contributed by atoms with E-state index in [4.69, 9.17) is 11.6 Å². The minimum atomic E-state index is -2.86. The van der Waals surface area contributed by atoms with Gasteiger partial charge in [-0.15, -0.1) is 0 Å². The number of rotatable bonds is 3. The van der Waals surface area contributed by atoms with Crippen LogP contribution in [-0.2, 0) is 9.84 Å². The molecule has 1 N–H and O–H groups in total. The Labute approximate surface area is 113 Å². The van der Waals surface area contributed by atoms with E-state index in [9.17, 15) is 8.42 Å². The number of nitrogens with one attached hydrogen (secondary N) is 1. The molecule has 1 saturated heterocycles. The van der Waals surface area contributed by atoms with Gasteiger partial charge in [-0.05, 0) is 37.5 Å². The van der Waals surface area contributed by atoms with Gasteiger partial charge in [0.25, 0.3) is 0 Å². The molecule has 1 aliphatic heterocycles. The lowest BCUT2D eigenvalue weighted by atomic mass is 10.1. The zero-order valence-corrected chi connectivity index (χ0v) is 12.0. The lowest BCUT2D eigenvalue weighted by molar-refractivity contribution is 0.437. The Balaban J connectivity index is 2.01. The molecule has 2 atom stereocenters. The van der Waals surface area contributed by atoms with Gasteiger partial charge in [-0.3, -0.25) is 0 Å². The van der Waals surface area contributed by atoms with Crippen molar-refractivity contribution in [3.63, 3.8) is 0 Å². The summed E-state index contributed by atoms with van der Waals surface area (Å²) in [7, 11) is -2.86. The number of hydrogen-bond donors (Lipinski definition) is 1. The van der Waals surface area contributed by atoms with Crippen molar-refractivity contribution < 1.29 is 8.42 Å². The van der Waals surface area contributed by atoms with Crippen LogP contribution in [0.2, 0.25) is 5.02 Å². The molecule has 1 aromatic rings. The first-order chi connectivity index (χ1) is 8.46. The maximum Gasteiger partial charge on any atom is 0.151 e. The average molecular weight is 288 g/mol. The Morgan fingerprint density at radius 1 is 1.44 bits per heavy atom. The molecule has 1 aliphatic rings. The summed E-state index contributed by atoms with van der Waals surface area (Å²) in [4.78, 5) is 0. The van der Waals surface area contributed by atoms with Gasteiger partial charge in [-0.1, -0.05) is 23.7 Å². The van der Waals surface area contributed by atoms with Gasteiger partial charge in [0, 0.05) is 17.1 Å². The normalized spacial score (nSPS) is 24.7. The fraction of sp³-hybridized carbons (Fsp3) is 0.538. The van der Waals surface area contributed by atoms with E-state index in [1.165, 1.54) is 0 Å². The van der Waals surface area contributed by atoms with E-state index < -0.39 is 9.84 Å². The number of hydrogen-bond acceptors (Lipinski definition) is 3. The maximum absolute atomic E-state index is 11.6. The van der Waals surface area contributed by atoms with Crippen LogP contribution in [0.1, 0.15) is 31.4 Å². The van der Waals surface area contributed by atoms with Crippen molar-refractivity contribution in [3.8, 4) is 0 Å². The Morgan fingerprint density at radius 2 is 2.22 bits per heavy atom. The third-order valence-corrected chi connectivity index (χ3v) is 5.35. The first kappa shape index (κ1) is 13.8. The van der Waals surface area contributed by atoms with Crippen LogP contribution in [0.4, 0.5) is 0 Å². The van der Waals surface area contributed by atoms with E-state index in [1.54, 1.807) is 0 Å². The molecule has 0 aliphatic carbocycles. The maximum atomic E-state index is 11.6. The van der Waals surface area contributed by atoms with Crippen molar-refractivity contribution in [2.24, 2.45) is 0 Å². The third kappa shape index (κ3) is 3.70. The van der Waals surface area contributed by atoms with Crippen LogP contribution >= 0.6 is 11.6 Å². The Kier molecular flexibility index (Phi) is 4.30. The molecule has 0 radical (unpaired) electrons. The summed E-state index contributed by atoms with van der Waals surface area (Å²) in [6, 6.07) is 7.83. The van der Waals surface area contributed by atoms with Crippen LogP contribution in [0.3, 0.4) is 0 Å². The second-order valence-electron chi connectivity index (χ2n) is 4.90. The highest BCUT2D eigenvalue weighted by atomic mass is 35.5. The van der Waals surface area contributed by atoms with Gasteiger partial charge in [0.15, 0.2) is 9.84 Å². The molecular weight excluding hydrogens is 270 g/mol. The van der Waals surface area contributed by atoms with Crippen LogP contribution in [0.15, 0.2) is 24.3 Å². The standard InChI is InChI=1S/C13H18ClNO2S/c1-10(11-4-2-5-12(14)8-11)15-13-6-3-7-18(16,17)9-13/h2,4-5,8,10,13,15H,3,6-7,9H2,1H3. The average Bonchev–Trinajstić information content (AvgIpc) is 2.27. The van der Waals surface area contributed by atoms with Crippen molar-refractivity contribution in [1.82, 2.24) is 5.32 Å². The topological polar surface area (TPSA) is 46.2 Å². The van der Waals surface area contributed by atoms with Crippen LogP contribution in [0, 0.1) is 0 Å². The van der Waals surface area contributed by atoms with Crippen LogP contribution in [-0.4, -0.2) is 26.0 Å². The molecule has 1 heterocycles. The van der Waals surface area contributed by atoms with E-state index in [1.807, 2.05) is 31.2 Å². The second-order valence-corrected chi connectivity index (χ2v) is 7.56. The molecular formula is C13H18ClNO2S. The molecule has 0 aromatic heterocycles. The smallest absolute Gasteiger partial charge is 0.151 e. The lowest BCUT2D eigenvalue weighted by Crippen LogP contribution is -2.41. The fourth-order valence-electron chi connectivity index (χ4n) is 2.38. The molecule has 0 amide bonds. The molecule has 0 saturated carbocycles. The summed E-state index contributed by atoms with van der Waals surface area (Å²) in [5.74, 6) is 0.578. The summed E-state index contributed by atoms with van der Waals surface area (Å²) in [5, 5.41) is 4.09. The molecule has 5 heteroatoms. The highest BCUT2D eigenvalue weighted by Gasteiger charge is 2.25. The molecule has 1 fully saturated rings. The molecule has 0 spiro atoms. The van der Waals surface area contributed by atoms with Gasteiger partial charge in [-0.25, -0.2) is 8.42 Å². The third-order valence-electron chi connectivity index (χ3n) is 3.30. The molecule has 0 bridgehead atoms. The van der Waals surface area contributed by atoms with E-state index in [0.717, 1.165) is 18.4 Å². The van der Waals surface area contributed by atoms with Gasteiger partial charge in [0.05, 0.1) is 11.5 Å². The highest BCUT2D eigenvalue weighted by molar-refractivity contribution is 7.91. The van der Waals surface area contributed by atoms with Crippen molar-refractivity contribution in [2.75, 3.05) is 11.5 Å². The predicted octanol–water partition coefficient (Wildman–Crippen LogP) is 2.57. The van der Waals surface area contributed by atoms with Gasteiger partial charge in [0.2, 0.25) is 0 Å². The zero-order chi connectivity index (χ0) is 13.2. The Morgan fingerprint density at radius 3 is 2.89 bits per heavy atom. The zero-order valence-electron chi connectivity index (χ0n) is 10.4. The predicted molar refractivity (Wildman–Crippen MR) is 74.7 cm³/mol. The van der Waals surface area contributed by atoms with Crippen molar-refractivity contribution >= 4 is 21.4 Å². The van der Waals surface area contributed by atoms with E-state index in [2.05, 4.69) is 5.32 Å². The largest absolute Gasteiger partial charge is 0.306 e. The number of sulfone groups is 1. The fourth-order valence-corrected chi connectivity index (χ4v) is 4.23. The second kappa shape index (κ2) is 5.59. The lowest BCUT2D eigenvalue weighted by Gasteiger charge is -2.26. The Bertz CT molecular complexity index is 515. The van der Waals surface area contributed by atoms with Gasteiger partial charge < -0.3 is 5.32 Å². The number of halogens is 1. The minimum Gasteiger partial charge on any atom is -0.306 e. The van der Waals surface area contributed by atoms with Crippen molar-refractivity contribution in [1.29, 1.82) is 0 Å². The number of benzene rings is 1. The molecule has 1 aromatic carbocycles. The van der Waals surface area contributed by atoms with Crippen molar-refractivity contribution in [2.45, 2.75) is 31.8 Å². The molecule has 100 valence electrons. The SMILES string of the molecule is CC(NC1CCCS(=O)(=O)C1)c1cccc(Cl)c1. The molecule has 2 unspecified atom stereocenters.